The van der Waals surface area contributed by atoms with E-state index in [-0.39, 0.29) is 104 Å². The molecule has 0 radical (unpaired) electrons. The summed E-state index contributed by atoms with van der Waals surface area (Å²) >= 11 is 0. The van der Waals surface area contributed by atoms with Crippen molar-refractivity contribution in [3.63, 3.8) is 0 Å². The van der Waals surface area contributed by atoms with Crippen LogP contribution in [0.4, 0.5) is 0 Å². The molecule has 0 aromatic heterocycles. The van der Waals surface area contributed by atoms with Crippen LogP contribution < -0.4 is 42.5 Å². The highest BCUT2D eigenvalue weighted by Gasteiger charge is 2.47. The molecule has 17 heteroatoms. The summed E-state index contributed by atoms with van der Waals surface area (Å²) in [7, 11) is 3.38. The number of likely N-dealkylation sites (tertiary alicyclic amines) is 2. The summed E-state index contributed by atoms with van der Waals surface area (Å²) in [5, 5.41) is 25.3. The van der Waals surface area contributed by atoms with E-state index in [0.717, 1.165) is 55.2 Å². The molecule has 3 aromatic rings. The summed E-state index contributed by atoms with van der Waals surface area (Å²) in [6.45, 7) is 17.4. The molecular formula is C61H88N10O7. The zero-order chi connectivity index (χ0) is 56.6. The number of nitrogens with one attached hydrogen (secondary N) is 8. The highest BCUT2D eigenvalue weighted by atomic mass is 16.2. The Hall–Kier alpha value is -6.17. The fourth-order valence-corrected chi connectivity index (χ4v) is 11.8. The van der Waals surface area contributed by atoms with Crippen LogP contribution in [0.25, 0.3) is 0 Å². The van der Waals surface area contributed by atoms with Gasteiger partial charge in [-0.3, -0.25) is 33.6 Å². The molecular weight excluding hydrogens is 985 g/mol. The van der Waals surface area contributed by atoms with Crippen LogP contribution in [0.5, 0.6) is 0 Å². The van der Waals surface area contributed by atoms with Gasteiger partial charge in [-0.25, -0.2) is 0 Å². The van der Waals surface area contributed by atoms with Crippen molar-refractivity contribution in [1.82, 2.24) is 52.3 Å². The van der Waals surface area contributed by atoms with Crippen molar-refractivity contribution >= 4 is 41.4 Å². The van der Waals surface area contributed by atoms with Crippen molar-refractivity contribution in [2.75, 3.05) is 27.2 Å². The molecule has 3 aromatic carbocycles. The minimum absolute atomic E-state index is 0.0328. The van der Waals surface area contributed by atoms with E-state index in [1.165, 1.54) is 21.6 Å². The maximum atomic E-state index is 14.7. The van der Waals surface area contributed by atoms with Crippen LogP contribution in [0.15, 0.2) is 72.8 Å². The maximum Gasteiger partial charge on any atom is 0.246 e. The Bertz CT molecular complexity index is 2630. The zero-order valence-corrected chi connectivity index (χ0v) is 48.0. The first-order valence-corrected chi connectivity index (χ1v) is 28.4. The first kappa shape index (κ1) is 59.5. The lowest BCUT2D eigenvalue weighted by Crippen LogP contribution is -2.60. The van der Waals surface area contributed by atoms with Crippen LogP contribution in [-0.4, -0.2) is 133 Å². The Labute approximate surface area is 462 Å². The molecule has 8 N–H and O–H groups in total. The Balaban J connectivity index is 0.998. The summed E-state index contributed by atoms with van der Waals surface area (Å²) in [5.74, 6) is -1.94. The molecule has 7 amide bonds. The molecule has 1 unspecified atom stereocenters. The van der Waals surface area contributed by atoms with Crippen molar-refractivity contribution in [1.29, 1.82) is 0 Å². The molecule has 2 aliphatic carbocycles. The van der Waals surface area contributed by atoms with Crippen LogP contribution in [0.3, 0.4) is 0 Å². The average molecular weight is 1070 g/mol. The molecule has 78 heavy (non-hydrogen) atoms. The van der Waals surface area contributed by atoms with E-state index < -0.39 is 47.1 Å². The lowest BCUT2D eigenvalue weighted by atomic mass is 9.85. The lowest BCUT2D eigenvalue weighted by Gasteiger charge is -2.39. The van der Waals surface area contributed by atoms with Gasteiger partial charge in [0.1, 0.15) is 18.1 Å². The van der Waals surface area contributed by atoms with Gasteiger partial charge in [0.05, 0.1) is 31.0 Å². The van der Waals surface area contributed by atoms with Crippen molar-refractivity contribution in [2.45, 2.75) is 193 Å². The number of rotatable bonds is 19. The SMILES string of the molecule is CN[C@@H](C)C(=O)N[C@H](C(=O)N1C[C@@H](NC(=O)Cc2ccc(CC(=O)N[C@H]3C[C@@H](C(C)N[C@@H]4CCCc5ccccc54)N(C(=O)[C@@H](NC(=O)[C@H](C)NC)C(C)(C)C)C3)cc2)C[C@H]1C(=O)N[C@@H]1CCCc2ccccc21)C(C)(C)C. The van der Waals surface area contributed by atoms with Crippen molar-refractivity contribution in [3.8, 4) is 0 Å². The third kappa shape index (κ3) is 14.7. The van der Waals surface area contributed by atoms with E-state index in [2.05, 4.69) is 79.8 Å². The van der Waals surface area contributed by atoms with Crippen molar-refractivity contribution in [2.24, 2.45) is 10.8 Å². The van der Waals surface area contributed by atoms with E-state index in [0.29, 0.717) is 6.42 Å². The highest BCUT2D eigenvalue weighted by molar-refractivity contribution is 5.95. The number of likely N-dealkylation sites (N-methyl/N-ethyl adjacent to an activating group) is 2. The van der Waals surface area contributed by atoms with Crippen LogP contribution in [-0.2, 0) is 59.2 Å². The molecule has 2 heterocycles. The van der Waals surface area contributed by atoms with Crippen LogP contribution in [0.1, 0.15) is 146 Å². The average Bonchev–Trinajstić information content (AvgIpc) is 4.14. The van der Waals surface area contributed by atoms with E-state index in [4.69, 9.17) is 0 Å². The van der Waals surface area contributed by atoms with E-state index in [9.17, 15) is 33.6 Å². The smallest absolute Gasteiger partial charge is 0.246 e. The second-order valence-electron chi connectivity index (χ2n) is 24.6. The molecule has 424 valence electrons. The number of carbonyl (C=O) groups excluding carboxylic acids is 7. The molecule has 2 aliphatic heterocycles. The Morgan fingerprint density at radius 2 is 1.00 bits per heavy atom. The Morgan fingerprint density at radius 1 is 0.564 bits per heavy atom. The van der Waals surface area contributed by atoms with E-state index in [1.54, 1.807) is 27.9 Å². The fourth-order valence-electron chi connectivity index (χ4n) is 11.8. The van der Waals surface area contributed by atoms with Gasteiger partial charge in [-0.1, -0.05) is 114 Å². The molecule has 11 atom stereocenters. The van der Waals surface area contributed by atoms with Gasteiger partial charge in [-0.15, -0.1) is 0 Å². The third-order valence-electron chi connectivity index (χ3n) is 16.5. The van der Waals surface area contributed by atoms with Gasteiger partial charge in [0, 0.05) is 43.3 Å². The van der Waals surface area contributed by atoms with Crippen molar-refractivity contribution < 1.29 is 33.6 Å². The number of aryl methyl sites for hydroxylation is 2. The molecule has 2 fully saturated rings. The molecule has 4 aliphatic rings. The number of nitrogens with zero attached hydrogens (tertiary/aromatic N) is 2. The Kier molecular flexibility index (Phi) is 19.6. The topological polar surface area (TPSA) is 222 Å². The monoisotopic (exact) mass is 1070 g/mol. The normalized spacial score (nSPS) is 23.1. The van der Waals surface area contributed by atoms with Crippen LogP contribution >= 0.6 is 0 Å². The zero-order valence-electron chi connectivity index (χ0n) is 48.0. The van der Waals surface area contributed by atoms with Gasteiger partial charge < -0.3 is 52.3 Å². The number of benzene rings is 3. The third-order valence-corrected chi connectivity index (χ3v) is 16.5. The number of fused-ring (bicyclic) bond motifs is 2. The Morgan fingerprint density at radius 3 is 1.49 bits per heavy atom. The number of hydrogen-bond acceptors (Lipinski definition) is 10. The summed E-state index contributed by atoms with van der Waals surface area (Å²) in [6.07, 6.45) is 6.53. The lowest BCUT2D eigenvalue weighted by molar-refractivity contribution is -0.144. The minimum Gasteiger partial charge on any atom is -0.351 e. The van der Waals surface area contributed by atoms with Crippen LogP contribution in [0.2, 0.25) is 0 Å². The highest BCUT2D eigenvalue weighted by Crippen LogP contribution is 2.34. The summed E-state index contributed by atoms with van der Waals surface area (Å²) in [6, 6.07) is 18.9. The predicted molar refractivity (Wildman–Crippen MR) is 303 cm³/mol. The molecule has 7 rings (SSSR count). The molecule has 17 nitrogen and oxygen atoms in total. The molecule has 0 spiro atoms. The van der Waals surface area contributed by atoms with Gasteiger partial charge in [0.25, 0.3) is 0 Å². The van der Waals surface area contributed by atoms with Crippen molar-refractivity contribution in [3.05, 3.63) is 106 Å². The summed E-state index contributed by atoms with van der Waals surface area (Å²) in [4.78, 5) is 101. The second-order valence-corrected chi connectivity index (χ2v) is 24.6. The predicted octanol–water partition coefficient (Wildman–Crippen LogP) is 4.47. The van der Waals surface area contributed by atoms with Gasteiger partial charge in [-0.2, -0.15) is 0 Å². The van der Waals surface area contributed by atoms with Gasteiger partial charge in [0.15, 0.2) is 0 Å². The minimum atomic E-state index is -0.939. The summed E-state index contributed by atoms with van der Waals surface area (Å²) in [5.41, 5.74) is 5.06. The molecule has 0 saturated carbocycles. The fraction of sp³-hybridized carbons (Fsp3) is 0.590. The first-order chi connectivity index (χ1) is 36.9. The first-order valence-electron chi connectivity index (χ1n) is 28.4. The second kappa shape index (κ2) is 25.7. The van der Waals surface area contributed by atoms with Gasteiger partial charge in [-0.05, 0) is 130 Å². The van der Waals surface area contributed by atoms with E-state index in [1.807, 2.05) is 88.9 Å². The largest absolute Gasteiger partial charge is 0.351 e. The summed E-state index contributed by atoms with van der Waals surface area (Å²) < 4.78 is 0. The number of hydrogen-bond donors (Lipinski definition) is 8. The quantitative estimate of drug-likeness (QED) is 0.0842. The van der Waals surface area contributed by atoms with E-state index >= 15 is 0 Å². The number of amides is 7. The number of carbonyl (C=O) groups is 7. The van der Waals surface area contributed by atoms with Crippen LogP contribution in [0, 0.1) is 10.8 Å². The van der Waals surface area contributed by atoms with Gasteiger partial charge >= 0.3 is 0 Å². The standard InChI is InChI=1S/C61H88N10O7/c1-36(64-47-24-16-20-41-18-12-14-22-45(41)47)49-32-43(34-70(49)58(77)53(60(4,5)6)68-55(74)37(2)62-10)65-51(72)30-39-26-28-40(29-27-39)31-52(73)66-44-33-50(57(76)67-48-25-17-21-42-19-13-15-23-46(42)48)71(35-44)59(78)54(61(7,8)9)69-56(75)38(3)63-11/h12-15,18-19,22-23,26-29,36-38,43-44,47-50,53-54,62-64H,16-17,20-21,24-25,30-35H2,1-11H3,(H,65,72)(H,66,73)(H,67,76)(H,68,74)(H,69,75)/t36?,37-,38-,43-,44-,47+,48+,49-,50-,53+,54+/m0/s1. The molecule has 2 saturated heterocycles. The maximum absolute atomic E-state index is 14.7. The molecule has 0 bridgehead atoms. The van der Waals surface area contributed by atoms with Gasteiger partial charge in [0.2, 0.25) is 41.4 Å².